The van der Waals surface area contributed by atoms with Crippen LogP contribution in [0.5, 0.6) is 0 Å². The van der Waals surface area contributed by atoms with Crippen LogP contribution in [0.2, 0.25) is 0 Å². The number of esters is 1. The third kappa shape index (κ3) is 2.04. The Bertz CT molecular complexity index is 709. The van der Waals surface area contributed by atoms with Crippen molar-refractivity contribution in [3.63, 3.8) is 0 Å². The van der Waals surface area contributed by atoms with Crippen LogP contribution >= 0.6 is 0 Å². The SMILES string of the molecule is COC(=O)[C@H]1CCCON2CCc3c([nH]c4ccccc34)[C@H]12. The molecule has 0 spiro atoms. The average Bonchev–Trinajstić information content (AvgIpc) is 2.79. The van der Waals surface area contributed by atoms with Crippen LogP contribution in [0.25, 0.3) is 10.9 Å². The number of aromatic amines is 1. The number of rotatable bonds is 1. The summed E-state index contributed by atoms with van der Waals surface area (Å²) in [5.74, 6) is -0.327. The van der Waals surface area contributed by atoms with Gasteiger partial charge in [0.15, 0.2) is 0 Å². The molecule has 1 fully saturated rings. The van der Waals surface area contributed by atoms with Crippen LogP contribution in [0.3, 0.4) is 0 Å². The normalized spacial score (nSPS) is 25.3. The maximum atomic E-state index is 12.3. The summed E-state index contributed by atoms with van der Waals surface area (Å²) < 4.78 is 5.05. The molecule has 2 atom stereocenters. The second-order valence-electron chi connectivity index (χ2n) is 6.00. The minimum Gasteiger partial charge on any atom is -0.469 e. The van der Waals surface area contributed by atoms with E-state index in [2.05, 4.69) is 23.2 Å². The van der Waals surface area contributed by atoms with E-state index in [-0.39, 0.29) is 17.9 Å². The van der Waals surface area contributed by atoms with Crippen molar-refractivity contribution in [2.75, 3.05) is 20.3 Å². The molecule has 0 bridgehead atoms. The van der Waals surface area contributed by atoms with Gasteiger partial charge in [-0.3, -0.25) is 9.63 Å². The Hall–Kier alpha value is -1.85. The number of carbonyl (C=O) groups is 1. The number of benzene rings is 1. The molecular formula is C17H20N2O3. The van der Waals surface area contributed by atoms with Crippen LogP contribution in [0.4, 0.5) is 0 Å². The molecule has 2 aromatic rings. The first-order chi connectivity index (χ1) is 10.8. The predicted octanol–water partition coefficient (Wildman–Crippen LogP) is 2.58. The minimum absolute atomic E-state index is 0.0777. The summed E-state index contributed by atoms with van der Waals surface area (Å²) in [6, 6.07) is 8.24. The van der Waals surface area contributed by atoms with Gasteiger partial charge in [0.2, 0.25) is 0 Å². The third-order valence-electron chi connectivity index (χ3n) is 4.84. The molecule has 5 heteroatoms. The Kier molecular flexibility index (Phi) is 3.39. The van der Waals surface area contributed by atoms with Gasteiger partial charge in [0, 0.05) is 23.1 Å². The minimum atomic E-state index is -0.181. The van der Waals surface area contributed by atoms with Crippen LogP contribution in [0, 0.1) is 5.92 Å². The molecule has 116 valence electrons. The largest absolute Gasteiger partial charge is 0.469 e. The lowest BCUT2D eigenvalue weighted by Gasteiger charge is -2.36. The van der Waals surface area contributed by atoms with Gasteiger partial charge in [-0.05, 0) is 30.9 Å². The van der Waals surface area contributed by atoms with E-state index in [1.807, 2.05) is 11.1 Å². The van der Waals surface area contributed by atoms with Gasteiger partial charge in [-0.15, -0.1) is 0 Å². The first-order valence-corrected chi connectivity index (χ1v) is 7.86. The van der Waals surface area contributed by atoms with E-state index in [1.54, 1.807) is 0 Å². The van der Waals surface area contributed by atoms with Gasteiger partial charge in [-0.25, -0.2) is 0 Å². The van der Waals surface area contributed by atoms with E-state index in [0.717, 1.165) is 37.0 Å². The van der Waals surface area contributed by atoms with Crippen LogP contribution < -0.4 is 0 Å². The number of hydrogen-bond donors (Lipinski definition) is 1. The highest BCUT2D eigenvalue weighted by molar-refractivity contribution is 5.85. The zero-order chi connectivity index (χ0) is 15.1. The molecule has 0 radical (unpaired) electrons. The number of nitrogens with zero attached hydrogens (tertiary/aromatic N) is 1. The van der Waals surface area contributed by atoms with Gasteiger partial charge >= 0.3 is 5.97 Å². The van der Waals surface area contributed by atoms with Crippen LogP contribution in [-0.4, -0.2) is 36.3 Å². The topological polar surface area (TPSA) is 54.6 Å². The summed E-state index contributed by atoms with van der Waals surface area (Å²) in [7, 11) is 1.47. The summed E-state index contributed by atoms with van der Waals surface area (Å²) in [5.41, 5.74) is 3.56. The van der Waals surface area contributed by atoms with Crippen LogP contribution in [0.15, 0.2) is 24.3 Å². The van der Waals surface area contributed by atoms with Crippen molar-refractivity contribution in [2.45, 2.75) is 25.3 Å². The number of para-hydroxylation sites is 1. The smallest absolute Gasteiger partial charge is 0.310 e. The zero-order valence-electron chi connectivity index (χ0n) is 12.7. The molecule has 1 aromatic carbocycles. The standard InChI is InChI=1S/C17H20N2O3/c1-21-17(20)13-6-4-10-22-19-9-8-12-11-5-2-3-7-14(11)18-15(12)16(13)19/h2-3,5,7,13,16,18H,4,6,8-10H2,1H3/t13-,16-/m0/s1. The van der Waals surface area contributed by atoms with Gasteiger partial charge in [0.05, 0.1) is 25.7 Å². The van der Waals surface area contributed by atoms with Crippen molar-refractivity contribution >= 4 is 16.9 Å². The molecule has 4 rings (SSSR count). The number of ether oxygens (including phenoxy) is 1. The number of methoxy groups -OCH3 is 1. The highest BCUT2D eigenvalue weighted by Gasteiger charge is 2.41. The lowest BCUT2D eigenvalue weighted by Crippen LogP contribution is -2.40. The van der Waals surface area contributed by atoms with Crippen molar-refractivity contribution in [2.24, 2.45) is 5.92 Å². The van der Waals surface area contributed by atoms with Crippen molar-refractivity contribution in [3.8, 4) is 0 Å². The number of hydroxylamine groups is 2. The molecule has 5 nitrogen and oxygen atoms in total. The van der Waals surface area contributed by atoms with E-state index >= 15 is 0 Å². The van der Waals surface area contributed by atoms with E-state index in [1.165, 1.54) is 18.1 Å². The molecular weight excluding hydrogens is 280 g/mol. The number of carbonyl (C=O) groups excluding carboxylic acids is 1. The van der Waals surface area contributed by atoms with Crippen molar-refractivity contribution < 1.29 is 14.4 Å². The van der Waals surface area contributed by atoms with Crippen LogP contribution in [0.1, 0.15) is 30.1 Å². The summed E-state index contributed by atoms with van der Waals surface area (Å²) in [6.07, 6.45) is 2.61. The highest BCUT2D eigenvalue weighted by atomic mass is 16.7. The van der Waals surface area contributed by atoms with Gasteiger partial charge in [-0.2, -0.15) is 5.06 Å². The first-order valence-electron chi connectivity index (χ1n) is 7.86. The second kappa shape index (κ2) is 5.41. The van der Waals surface area contributed by atoms with E-state index < -0.39 is 0 Å². The van der Waals surface area contributed by atoms with Gasteiger partial charge in [0.1, 0.15) is 0 Å². The second-order valence-corrected chi connectivity index (χ2v) is 6.00. The monoisotopic (exact) mass is 300 g/mol. The molecule has 0 unspecified atom stereocenters. The van der Waals surface area contributed by atoms with E-state index in [4.69, 9.17) is 9.57 Å². The van der Waals surface area contributed by atoms with E-state index in [9.17, 15) is 4.79 Å². The maximum Gasteiger partial charge on any atom is 0.310 e. The maximum absolute atomic E-state index is 12.3. The number of fused-ring (bicyclic) bond motifs is 5. The summed E-state index contributed by atoms with van der Waals surface area (Å²) in [5, 5.41) is 3.23. The van der Waals surface area contributed by atoms with E-state index in [0.29, 0.717) is 6.61 Å². The summed E-state index contributed by atoms with van der Waals surface area (Å²) in [4.78, 5) is 21.7. The molecule has 1 saturated heterocycles. The Balaban J connectivity index is 1.85. The molecule has 0 amide bonds. The molecule has 0 aliphatic carbocycles. The molecule has 22 heavy (non-hydrogen) atoms. The fraction of sp³-hybridized carbons (Fsp3) is 0.471. The lowest BCUT2D eigenvalue weighted by molar-refractivity contribution is -0.197. The Morgan fingerprint density at radius 1 is 1.41 bits per heavy atom. The molecule has 2 aliphatic heterocycles. The number of nitrogens with one attached hydrogen (secondary N) is 1. The summed E-state index contributed by atoms with van der Waals surface area (Å²) >= 11 is 0. The summed E-state index contributed by atoms with van der Waals surface area (Å²) in [6.45, 7) is 1.48. The van der Waals surface area contributed by atoms with Gasteiger partial charge in [0.25, 0.3) is 0 Å². The Morgan fingerprint density at radius 2 is 2.27 bits per heavy atom. The average molecular weight is 300 g/mol. The molecule has 3 heterocycles. The van der Waals surface area contributed by atoms with Crippen molar-refractivity contribution in [1.29, 1.82) is 0 Å². The van der Waals surface area contributed by atoms with Crippen molar-refractivity contribution in [3.05, 3.63) is 35.5 Å². The third-order valence-corrected chi connectivity index (χ3v) is 4.84. The Labute approximate surface area is 129 Å². The molecule has 0 saturated carbocycles. The molecule has 1 aromatic heterocycles. The molecule has 2 aliphatic rings. The number of hydrogen-bond acceptors (Lipinski definition) is 4. The predicted molar refractivity (Wildman–Crippen MR) is 82.1 cm³/mol. The highest BCUT2D eigenvalue weighted by Crippen LogP contribution is 2.41. The fourth-order valence-electron chi connectivity index (χ4n) is 3.84. The fourth-order valence-corrected chi connectivity index (χ4v) is 3.84. The first kappa shape index (κ1) is 13.8. The van der Waals surface area contributed by atoms with Gasteiger partial charge in [-0.1, -0.05) is 18.2 Å². The lowest BCUT2D eigenvalue weighted by atomic mass is 9.87. The zero-order valence-corrected chi connectivity index (χ0v) is 12.7. The van der Waals surface area contributed by atoms with Gasteiger partial charge < -0.3 is 9.72 Å². The molecule has 1 N–H and O–H groups in total. The van der Waals surface area contributed by atoms with Crippen LogP contribution in [-0.2, 0) is 20.8 Å². The number of aromatic nitrogens is 1. The Morgan fingerprint density at radius 3 is 3.14 bits per heavy atom. The quantitative estimate of drug-likeness (QED) is 0.823. The number of H-pyrrole nitrogens is 1. The van der Waals surface area contributed by atoms with Crippen molar-refractivity contribution in [1.82, 2.24) is 10.0 Å².